The minimum absolute atomic E-state index is 0.127. The maximum Gasteiger partial charge on any atom is 0.106 e. The molecule has 1 N–H and O–H groups in total. The molecule has 0 aromatic carbocycles. The van der Waals surface area contributed by atoms with Gasteiger partial charge in [-0.1, -0.05) is 0 Å². The van der Waals surface area contributed by atoms with Gasteiger partial charge in [-0.25, -0.2) is 0 Å². The van der Waals surface area contributed by atoms with Gasteiger partial charge in [0.1, 0.15) is 5.60 Å². The maximum atomic E-state index is 5.60. The molecule has 0 bridgehead atoms. The van der Waals surface area contributed by atoms with Gasteiger partial charge in [0.05, 0.1) is 6.61 Å². The summed E-state index contributed by atoms with van der Waals surface area (Å²) in [6.07, 6.45) is 0.975. The minimum atomic E-state index is -0.127. The van der Waals surface area contributed by atoms with Crippen LogP contribution >= 0.6 is 0 Å². The maximum absolute atomic E-state index is 5.60. The molecule has 1 fully saturated rings. The fourth-order valence-corrected chi connectivity index (χ4v) is 2.50. The first kappa shape index (κ1) is 13.6. The predicted octanol–water partition coefficient (Wildman–Crippen LogP) is 1.54. The lowest BCUT2D eigenvalue weighted by molar-refractivity contribution is -0.0159. The van der Waals surface area contributed by atoms with Crippen LogP contribution in [-0.2, 0) is 23.1 Å². The first-order chi connectivity index (χ1) is 8.58. The third kappa shape index (κ3) is 2.60. The molecule has 1 aliphatic heterocycles. The topological polar surface area (TPSA) is 35.4 Å². The largest absolute Gasteiger partial charge is 0.378 e. The molecule has 2 rings (SSSR count). The van der Waals surface area contributed by atoms with E-state index in [1.54, 1.807) is 7.11 Å². The zero-order chi connectivity index (χ0) is 13.2. The molecule has 0 aliphatic carbocycles. The van der Waals surface area contributed by atoms with Gasteiger partial charge in [-0.15, -0.1) is 0 Å². The molecule has 0 spiro atoms. The smallest absolute Gasteiger partial charge is 0.106 e. The van der Waals surface area contributed by atoms with E-state index >= 15 is 0 Å². The van der Waals surface area contributed by atoms with Gasteiger partial charge >= 0.3 is 0 Å². The molecule has 2 heterocycles. The summed E-state index contributed by atoms with van der Waals surface area (Å²) in [4.78, 5) is 0. The predicted molar refractivity (Wildman–Crippen MR) is 71.8 cm³/mol. The van der Waals surface area contributed by atoms with Gasteiger partial charge in [-0.05, 0) is 25.5 Å². The summed E-state index contributed by atoms with van der Waals surface area (Å²) < 4.78 is 13.3. The Kier molecular flexibility index (Phi) is 4.10. The van der Waals surface area contributed by atoms with Crippen molar-refractivity contribution in [2.45, 2.75) is 32.4 Å². The molecule has 1 aliphatic rings. The molecule has 1 atom stereocenters. The van der Waals surface area contributed by atoms with Crippen molar-refractivity contribution >= 4 is 0 Å². The highest BCUT2D eigenvalue weighted by Crippen LogP contribution is 2.22. The van der Waals surface area contributed by atoms with Crippen molar-refractivity contribution in [2.24, 2.45) is 7.05 Å². The monoisotopic (exact) mass is 252 g/mol. The molecular formula is C14H24N2O2. The quantitative estimate of drug-likeness (QED) is 0.863. The van der Waals surface area contributed by atoms with Crippen molar-refractivity contribution in [2.75, 3.05) is 26.9 Å². The van der Waals surface area contributed by atoms with E-state index < -0.39 is 0 Å². The van der Waals surface area contributed by atoms with Gasteiger partial charge in [-0.3, -0.25) is 0 Å². The molecule has 102 valence electrons. The van der Waals surface area contributed by atoms with Gasteiger partial charge < -0.3 is 19.4 Å². The van der Waals surface area contributed by atoms with Crippen molar-refractivity contribution in [1.82, 2.24) is 9.88 Å². The highest BCUT2D eigenvalue weighted by atomic mass is 16.5. The Balaban J connectivity index is 1.90. The summed E-state index contributed by atoms with van der Waals surface area (Å²) >= 11 is 0. The lowest BCUT2D eigenvalue weighted by Gasteiger charge is -2.26. The van der Waals surface area contributed by atoms with Crippen LogP contribution in [0.25, 0.3) is 0 Å². The molecule has 1 aromatic heterocycles. The van der Waals surface area contributed by atoms with E-state index in [0.717, 1.165) is 26.1 Å². The Bertz CT molecular complexity index is 406. The van der Waals surface area contributed by atoms with Crippen LogP contribution in [0.1, 0.15) is 23.4 Å². The zero-order valence-electron chi connectivity index (χ0n) is 11.9. The molecular weight excluding hydrogens is 228 g/mol. The average molecular weight is 252 g/mol. The Labute approximate surface area is 109 Å². The number of rotatable bonds is 5. The number of aryl methyl sites for hydroxylation is 1. The van der Waals surface area contributed by atoms with E-state index in [2.05, 4.69) is 36.8 Å². The summed E-state index contributed by atoms with van der Waals surface area (Å²) in [5.74, 6) is 0. The van der Waals surface area contributed by atoms with E-state index in [9.17, 15) is 0 Å². The number of ether oxygens (including phenoxy) is 2. The lowest BCUT2D eigenvalue weighted by Crippen LogP contribution is -2.42. The van der Waals surface area contributed by atoms with Crippen LogP contribution in [0.2, 0.25) is 0 Å². The third-order valence-electron chi connectivity index (χ3n) is 4.14. The molecule has 0 radical (unpaired) electrons. The van der Waals surface area contributed by atoms with Crippen LogP contribution < -0.4 is 5.32 Å². The highest BCUT2D eigenvalue weighted by Gasteiger charge is 2.34. The van der Waals surface area contributed by atoms with Gasteiger partial charge in [0, 0.05) is 51.7 Å². The van der Waals surface area contributed by atoms with Crippen LogP contribution in [0.5, 0.6) is 0 Å². The van der Waals surface area contributed by atoms with E-state index in [1.165, 1.54) is 17.0 Å². The number of methoxy groups -OCH3 is 1. The van der Waals surface area contributed by atoms with E-state index in [0.29, 0.717) is 6.61 Å². The van der Waals surface area contributed by atoms with Crippen molar-refractivity contribution in [3.05, 3.63) is 23.0 Å². The Hall–Kier alpha value is -0.840. The van der Waals surface area contributed by atoms with Gasteiger partial charge in [0.15, 0.2) is 0 Å². The molecule has 18 heavy (non-hydrogen) atoms. The van der Waals surface area contributed by atoms with Crippen molar-refractivity contribution in [3.8, 4) is 0 Å². The van der Waals surface area contributed by atoms with E-state index in [4.69, 9.17) is 9.47 Å². The standard InChI is InChI=1S/C14H24N2O2/c1-11-7-13(12(2)16(11)3)8-15-9-14(17-4)5-6-18-10-14/h7,15H,5-6,8-10H2,1-4H3. The molecule has 0 saturated carbocycles. The fraction of sp³-hybridized carbons (Fsp3) is 0.714. The summed E-state index contributed by atoms with van der Waals surface area (Å²) in [6.45, 7) is 7.53. The number of hydrogen-bond donors (Lipinski definition) is 1. The first-order valence-corrected chi connectivity index (χ1v) is 6.53. The number of hydrogen-bond acceptors (Lipinski definition) is 3. The number of aromatic nitrogens is 1. The second-order valence-electron chi connectivity index (χ2n) is 5.25. The van der Waals surface area contributed by atoms with Crippen LogP contribution in [0.4, 0.5) is 0 Å². The lowest BCUT2D eigenvalue weighted by atomic mass is 10.0. The Morgan fingerprint density at radius 1 is 1.50 bits per heavy atom. The van der Waals surface area contributed by atoms with Crippen LogP contribution in [0.15, 0.2) is 6.07 Å². The highest BCUT2D eigenvalue weighted by molar-refractivity contribution is 5.26. The Morgan fingerprint density at radius 2 is 2.28 bits per heavy atom. The molecule has 4 heteroatoms. The number of nitrogens with zero attached hydrogens (tertiary/aromatic N) is 1. The van der Waals surface area contributed by atoms with E-state index in [-0.39, 0.29) is 5.60 Å². The van der Waals surface area contributed by atoms with Gasteiger partial charge in [0.25, 0.3) is 0 Å². The summed E-state index contributed by atoms with van der Waals surface area (Å²) in [5.41, 5.74) is 3.86. The van der Waals surface area contributed by atoms with Crippen molar-refractivity contribution in [1.29, 1.82) is 0 Å². The Morgan fingerprint density at radius 3 is 2.78 bits per heavy atom. The second kappa shape index (κ2) is 5.43. The van der Waals surface area contributed by atoms with Crippen molar-refractivity contribution in [3.63, 3.8) is 0 Å². The molecule has 0 amide bonds. The molecule has 1 unspecified atom stereocenters. The first-order valence-electron chi connectivity index (χ1n) is 6.53. The second-order valence-corrected chi connectivity index (χ2v) is 5.25. The fourth-order valence-electron chi connectivity index (χ4n) is 2.50. The average Bonchev–Trinajstić information content (AvgIpc) is 2.93. The third-order valence-corrected chi connectivity index (χ3v) is 4.14. The summed E-state index contributed by atoms with van der Waals surface area (Å²) in [7, 11) is 3.88. The summed E-state index contributed by atoms with van der Waals surface area (Å²) in [6, 6.07) is 2.24. The molecule has 1 aromatic rings. The summed E-state index contributed by atoms with van der Waals surface area (Å²) in [5, 5.41) is 3.50. The van der Waals surface area contributed by atoms with Crippen molar-refractivity contribution < 1.29 is 9.47 Å². The van der Waals surface area contributed by atoms with Gasteiger partial charge in [-0.2, -0.15) is 0 Å². The normalized spacial score (nSPS) is 23.8. The minimum Gasteiger partial charge on any atom is -0.378 e. The zero-order valence-corrected chi connectivity index (χ0v) is 11.9. The van der Waals surface area contributed by atoms with Gasteiger partial charge in [0.2, 0.25) is 0 Å². The SMILES string of the molecule is COC1(CNCc2cc(C)n(C)c2C)CCOC1. The van der Waals surface area contributed by atoms with E-state index in [1.807, 2.05) is 0 Å². The molecule has 4 nitrogen and oxygen atoms in total. The molecule has 1 saturated heterocycles. The van der Waals surface area contributed by atoms with Crippen LogP contribution in [0.3, 0.4) is 0 Å². The number of nitrogens with one attached hydrogen (secondary N) is 1. The van der Waals surface area contributed by atoms with Crippen LogP contribution in [-0.4, -0.2) is 37.0 Å². The van der Waals surface area contributed by atoms with Crippen LogP contribution in [0, 0.1) is 13.8 Å².